The molecule has 4 rings (SSSR count). The van der Waals surface area contributed by atoms with Gasteiger partial charge in [-0.3, -0.25) is 9.59 Å². The van der Waals surface area contributed by atoms with Crippen molar-refractivity contribution in [3.05, 3.63) is 76.6 Å². The van der Waals surface area contributed by atoms with E-state index in [4.69, 9.17) is 4.74 Å². The maximum atomic E-state index is 13.7. The van der Waals surface area contributed by atoms with Gasteiger partial charge >= 0.3 is 0 Å². The second kappa shape index (κ2) is 7.79. The van der Waals surface area contributed by atoms with Gasteiger partial charge in [-0.1, -0.05) is 30.3 Å². The lowest BCUT2D eigenvalue weighted by molar-refractivity contribution is -0.140. The van der Waals surface area contributed by atoms with Crippen LogP contribution in [-0.2, 0) is 14.3 Å². The number of hydrogen-bond donors (Lipinski definition) is 1. The fourth-order valence-electron chi connectivity index (χ4n) is 4.01. The van der Waals surface area contributed by atoms with Crippen LogP contribution in [0.2, 0.25) is 0 Å². The van der Waals surface area contributed by atoms with Crippen molar-refractivity contribution in [3.63, 3.8) is 0 Å². The molecule has 2 aliphatic heterocycles. The van der Waals surface area contributed by atoms with Crippen molar-refractivity contribution in [2.75, 3.05) is 13.2 Å². The van der Waals surface area contributed by atoms with Gasteiger partial charge in [-0.25, -0.2) is 4.39 Å². The number of aryl methyl sites for hydroxylation is 1. The number of rotatable bonds is 4. The molecule has 6 heteroatoms. The largest absolute Gasteiger partial charge is 0.507 e. The van der Waals surface area contributed by atoms with Gasteiger partial charge in [0, 0.05) is 18.7 Å². The van der Waals surface area contributed by atoms with Crippen LogP contribution in [0.25, 0.3) is 5.76 Å². The summed E-state index contributed by atoms with van der Waals surface area (Å²) < 4.78 is 19.3. The highest BCUT2D eigenvalue weighted by molar-refractivity contribution is 6.46. The summed E-state index contributed by atoms with van der Waals surface area (Å²) in [7, 11) is 0. The SMILES string of the molecule is Cc1cc(/C(O)=C2/C(=O)C(=O)N(CC3CCCO3)C2c2ccccc2)ccc1F. The number of Topliss-reactive ketones (excluding diaryl/α,β-unsaturated/α-hetero) is 1. The van der Waals surface area contributed by atoms with Gasteiger partial charge < -0.3 is 14.7 Å². The smallest absolute Gasteiger partial charge is 0.295 e. The zero-order chi connectivity index (χ0) is 20.5. The second-order valence-electron chi connectivity index (χ2n) is 7.46. The van der Waals surface area contributed by atoms with E-state index in [0.29, 0.717) is 17.7 Å². The second-order valence-corrected chi connectivity index (χ2v) is 7.46. The first kappa shape index (κ1) is 19.3. The molecule has 0 saturated carbocycles. The summed E-state index contributed by atoms with van der Waals surface area (Å²) in [5, 5.41) is 11.0. The molecule has 29 heavy (non-hydrogen) atoms. The Morgan fingerprint density at radius 3 is 2.62 bits per heavy atom. The van der Waals surface area contributed by atoms with Gasteiger partial charge in [-0.05, 0) is 49.1 Å². The first-order chi connectivity index (χ1) is 14.0. The number of benzene rings is 2. The van der Waals surface area contributed by atoms with Crippen molar-refractivity contribution in [2.24, 2.45) is 0 Å². The van der Waals surface area contributed by atoms with E-state index in [9.17, 15) is 19.1 Å². The van der Waals surface area contributed by atoms with E-state index >= 15 is 0 Å². The summed E-state index contributed by atoms with van der Waals surface area (Å²) in [5.74, 6) is -2.10. The van der Waals surface area contributed by atoms with Gasteiger partial charge in [-0.15, -0.1) is 0 Å². The molecule has 0 radical (unpaired) electrons. The summed E-state index contributed by atoms with van der Waals surface area (Å²) in [5.41, 5.74) is 1.40. The third-order valence-electron chi connectivity index (χ3n) is 5.51. The molecular weight excluding hydrogens is 373 g/mol. The Hall–Kier alpha value is -2.99. The molecule has 5 nitrogen and oxygen atoms in total. The van der Waals surface area contributed by atoms with Crippen molar-refractivity contribution in [1.29, 1.82) is 0 Å². The topological polar surface area (TPSA) is 66.8 Å². The number of carbonyl (C=O) groups is 2. The average molecular weight is 395 g/mol. The predicted octanol–water partition coefficient (Wildman–Crippen LogP) is 3.73. The van der Waals surface area contributed by atoms with Crippen LogP contribution >= 0.6 is 0 Å². The number of amides is 1. The number of nitrogens with zero attached hydrogens (tertiary/aromatic N) is 1. The van der Waals surface area contributed by atoms with Gasteiger partial charge in [0.25, 0.3) is 11.7 Å². The van der Waals surface area contributed by atoms with Crippen LogP contribution in [0.15, 0.2) is 54.1 Å². The molecular formula is C23H22FNO4. The Bertz CT molecular complexity index is 980. The fourth-order valence-corrected chi connectivity index (χ4v) is 4.01. The molecule has 2 atom stereocenters. The summed E-state index contributed by atoms with van der Waals surface area (Å²) in [6.45, 7) is 2.50. The maximum absolute atomic E-state index is 13.7. The molecule has 2 aromatic carbocycles. The monoisotopic (exact) mass is 395 g/mol. The van der Waals surface area contributed by atoms with E-state index in [0.717, 1.165) is 18.4 Å². The standard InChI is InChI=1S/C23H22FNO4/c1-14-12-16(9-10-18(14)24)21(26)19-20(15-6-3-2-4-7-15)25(23(28)22(19)27)13-17-8-5-11-29-17/h2-4,6-7,9-10,12,17,20,26H,5,8,11,13H2,1H3/b21-19-. The van der Waals surface area contributed by atoms with Crippen molar-refractivity contribution in [1.82, 2.24) is 4.90 Å². The molecule has 0 aromatic heterocycles. The fraction of sp³-hybridized carbons (Fsp3) is 0.304. The normalized spacial score (nSPS) is 23.7. The Kier molecular flexibility index (Phi) is 5.20. The summed E-state index contributed by atoms with van der Waals surface area (Å²) in [6.07, 6.45) is 1.61. The Morgan fingerprint density at radius 1 is 1.21 bits per heavy atom. The van der Waals surface area contributed by atoms with Gasteiger partial charge in [0.15, 0.2) is 0 Å². The van der Waals surface area contributed by atoms with Gasteiger partial charge in [-0.2, -0.15) is 0 Å². The number of likely N-dealkylation sites (tertiary alicyclic amines) is 1. The van der Waals surface area contributed by atoms with Crippen molar-refractivity contribution < 1.29 is 23.8 Å². The molecule has 1 amide bonds. The summed E-state index contributed by atoms with van der Waals surface area (Å²) in [6, 6.07) is 12.5. The molecule has 0 spiro atoms. The highest BCUT2D eigenvalue weighted by Crippen LogP contribution is 2.40. The Morgan fingerprint density at radius 2 is 1.97 bits per heavy atom. The van der Waals surface area contributed by atoms with Crippen molar-refractivity contribution >= 4 is 17.4 Å². The van der Waals surface area contributed by atoms with E-state index in [1.165, 1.54) is 23.1 Å². The molecule has 2 unspecified atom stereocenters. The van der Waals surface area contributed by atoms with E-state index in [1.807, 2.05) is 30.3 Å². The number of carbonyl (C=O) groups excluding carboxylic acids is 2. The third-order valence-corrected chi connectivity index (χ3v) is 5.51. The van der Waals surface area contributed by atoms with E-state index in [1.54, 1.807) is 6.92 Å². The number of ether oxygens (including phenoxy) is 1. The van der Waals surface area contributed by atoms with Crippen LogP contribution in [-0.4, -0.2) is 41.0 Å². The Labute approximate surface area is 168 Å². The van der Waals surface area contributed by atoms with E-state index in [-0.39, 0.29) is 24.0 Å². The number of halogens is 1. The van der Waals surface area contributed by atoms with Crippen LogP contribution < -0.4 is 0 Å². The summed E-state index contributed by atoms with van der Waals surface area (Å²) >= 11 is 0. The van der Waals surface area contributed by atoms with E-state index < -0.39 is 23.5 Å². The predicted molar refractivity (Wildman–Crippen MR) is 106 cm³/mol. The zero-order valence-electron chi connectivity index (χ0n) is 16.1. The quantitative estimate of drug-likeness (QED) is 0.487. The molecule has 2 saturated heterocycles. The number of hydrogen-bond acceptors (Lipinski definition) is 4. The minimum Gasteiger partial charge on any atom is -0.507 e. The third kappa shape index (κ3) is 3.56. The highest BCUT2D eigenvalue weighted by atomic mass is 19.1. The molecule has 1 N–H and O–H groups in total. The molecule has 2 heterocycles. The minimum atomic E-state index is -0.740. The Balaban J connectivity index is 1.82. The zero-order valence-corrected chi connectivity index (χ0v) is 16.1. The lowest BCUT2D eigenvalue weighted by Gasteiger charge is -2.27. The number of ketones is 1. The number of aliphatic hydroxyl groups is 1. The van der Waals surface area contributed by atoms with Crippen LogP contribution in [0.4, 0.5) is 4.39 Å². The molecule has 150 valence electrons. The maximum Gasteiger partial charge on any atom is 0.295 e. The van der Waals surface area contributed by atoms with Gasteiger partial charge in [0.1, 0.15) is 11.6 Å². The van der Waals surface area contributed by atoms with Crippen LogP contribution in [0.3, 0.4) is 0 Å². The molecule has 0 aliphatic carbocycles. The highest BCUT2D eigenvalue weighted by Gasteiger charge is 2.47. The molecule has 2 aromatic rings. The van der Waals surface area contributed by atoms with Crippen LogP contribution in [0, 0.1) is 12.7 Å². The van der Waals surface area contributed by atoms with Gasteiger partial charge in [0.2, 0.25) is 0 Å². The van der Waals surface area contributed by atoms with Crippen molar-refractivity contribution in [2.45, 2.75) is 31.9 Å². The lowest BCUT2D eigenvalue weighted by atomic mass is 9.94. The molecule has 2 fully saturated rings. The molecule has 0 bridgehead atoms. The van der Waals surface area contributed by atoms with E-state index in [2.05, 4.69) is 0 Å². The van der Waals surface area contributed by atoms with Crippen molar-refractivity contribution in [3.8, 4) is 0 Å². The molecule has 2 aliphatic rings. The minimum absolute atomic E-state index is 0.0187. The average Bonchev–Trinajstić information content (AvgIpc) is 3.32. The number of aliphatic hydroxyl groups excluding tert-OH is 1. The lowest BCUT2D eigenvalue weighted by Crippen LogP contribution is -2.36. The first-order valence-electron chi connectivity index (χ1n) is 9.69. The van der Waals surface area contributed by atoms with Crippen LogP contribution in [0.1, 0.15) is 35.6 Å². The first-order valence-corrected chi connectivity index (χ1v) is 9.69. The van der Waals surface area contributed by atoms with Crippen LogP contribution in [0.5, 0.6) is 0 Å². The van der Waals surface area contributed by atoms with Gasteiger partial charge in [0.05, 0.1) is 17.7 Å². The summed E-state index contributed by atoms with van der Waals surface area (Å²) in [4.78, 5) is 27.3.